The highest BCUT2D eigenvalue weighted by Crippen LogP contribution is 2.45. The van der Waals surface area contributed by atoms with E-state index in [0.29, 0.717) is 28.0 Å². The molecular weight excluding hydrogens is 350 g/mol. The van der Waals surface area contributed by atoms with Crippen LogP contribution in [0.1, 0.15) is 29.8 Å². The molecule has 2 aliphatic rings. The molecule has 0 bridgehead atoms. The second-order valence-electron chi connectivity index (χ2n) is 5.97. The molecule has 1 aromatic carbocycles. The molecule has 1 atom stereocenters. The van der Waals surface area contributed by atoms with E-state index >= 15 is 0 Å². The molecule has 1 aliphatic carbocycles. The molecule has 0 saturated carbocycles. The highest BCUT2D eigenvalue weighted by molar-refractivity contribution is 9.11. The van der Waals surface area contributed by atoms with Crippen LogP contribution in [0.4, 0.5) is 0 Å². The molecule has 3 rings (SSSR count). The van der Waals surface area contributed by atoms with E-state index in [1.807, 2.05) is 13.8 Å². The van der Waals surface area contributed by atoms with Crippen LogP contribution < -0.4 is 4.74 Å². The predicted molar refractivity (Wildman–Crippen MR) is 85.7 cm³/mol. The normalized spacial score (nSPS) is 26.0. The Morgan fingerprint density at radius 2 is 2.14 bits per heavy atom. The van der Waals surface area contributed by atoms with Gasteiger partial charge in [-0.3, -0.25) is 4.79 Å². The van der Waals surface area contributed by atoms with Crippen molar-refractivity contribution in [1.82, 2.24) is 0 Å². The van der Waals surface area contributed by atoms with E-state index in [4.69, 9.17) is 9.47 Å². The van der Waals surface area contributed by atoms with E-state index in [0.717, 1.165) is 0 Å². The lowest BCUT2D eigenvalue weighted by Gasteiger charge is -2.32. The topological polar surface area (TPSA) is 68.1 Å². The molecule has 1 heterocycles. The molecule has 0 spiro atoms. The lowest BCUT2D eigenvalue weighted by Crippen LogP contribution is -2.40. The minimum absolute atomic E-state index is 0.183. The molecule has 0 radical (unpaired) electrons. The quantitative estimate of drug-likeness (QED) is 0.874. The van der Waals surface area contributed by atoms with Gasteiger partial charge in [-0.25, -0.2) is 4.99 Å². The molecule has 0 aromatic heterocycles. The molecule has 1 aromatic rings. The van der Waals surface area contributed by atoms with Crippen molar-refractivity contribution in [3.05, 3.63) is 39.9 Å². The van der Waals surface area contributed by atoms with Gasteiger partial charge in [0.15, 0.2) is 11.4 Å². The largest absolute Gasteiger partial charge is 0.496 e. The number of ketones is 1. The van der Waals surface area contributed by atoms with Gasteiger partial charge in [0.1, 0.15) is 12.4 Å². The van der Waals surface area contributed by atoms with E-state index in [-0.39, 0.29) is 11.7 Å². The van der Waals surface area contributed by atoms with E-state index in [2.05, 4.69) is 20.9 Å². The van der Waals surface area contributed by atoms with Crippen molar-refractivity contribution in [3.8, 4) is 5.75 Å². The first-order chi connectivity index (χ1) is 10.3. The Labute approximate surface area is 136 Å². The Morgan fingerprint density at radius 3 is 2.73 bits per heavy atom. The monoisotopic (exact) mass is 365 g/mol. The van der Waals surface area contributed by atoms with Crippen molar-refractivity contribution >= 4 is 27.6 Å². The second kappa shape index (κ2) is 4.93. The Balaban J connectivity index is 2.25. The van der Waals surface area contributed by atoms with Crippen molar-refractivity contribution in [2.75, 3.05) is 13.7 Å². The van der Waals surface area contributed by atoms with Crippen LogP contribution in [0.25, 0.3) is 0 Å². The van der Waals surface area contributed by atoms with Gasteiger partial charge in [-0.05, 0) is 19.9 Å². The molecule has 0 fully saturated rings. The molecule has 0 saturated heterocycles. The zero-order chi connectivity index (χ0) is 16.1. The smallest absolute Gasteiger partial charge is 0.227 e. The predicted octanol–water partition coefficient (Wildman–Crippen LogP) is 2.57. The summed E-state index contributed by atoms with van der Waals surface area (Å²) in [6.45, 7) is 4.21. The fraction of sp³-hybridized carbons (Fsp3) is 0.375. The summed E-state index contributed by atoms with van der Waals surface area (Å²) in [6, 6.07) is 5.09. The molecule has 0 unspecified atom stereocenters. The first-order valence-corrected chi connectivity index (χ1v) is 7.64. The Hall–Kier alpha value is -1.66. The molecule has 6 heteroatoms. The van der Waals surface area contributed by atoms with Gasteiger partial charge in [0, 0.05) is 16.1 Å². The van der Waals surface area contributed by atoms with Crippen molar-refractivity contribution in [2.24, 2.45) is 4.99 Å². The number of allylic oxidation sites excluding steroid dienone is 1. The molecule has 0 amide bonds. The lowest BCUT2D eigenvalue weighted by molar-refractivity contribution is 0.0976. The second-order valence-corrected chi connectivity index (χ2v) is 6.82. The summed E-state index contributed by atoms with van der Waals surface area (Å²) in [6.07, 6.45) is 1.34. The van der Waals surface area contributed by atoms with Crippen LogP contribution in [-0.4, -0.2) is 36.0 Å². The van der Waals surface area contributed by atoms with Gasteiger partial charge in [0.2, 0.25) is 5.90 Å². The number of nitrogens with zero attached hydrogens (tertiary/aromatic N) is 1. The minimum atomic E-state index is -1.62. The van der Waals surface area contributed by atoms with Crippen LogP contribution >= 0.6 is 15.9 Å². The third-order valence-corrected chi connectivity index (χ3v) is 4.56. The number of hydrogen-bond donors (Lipinski definition) is 1. The molecule has 1 aliphatic heterocycles. The van der Waals surface area contributed by atoms with E-state index in [1.54, 1.807) is 18.2 Å². The number of fused-ring (bicyclic) bond motifs is 1. The van der Waals surface area contributed by atoms with Crippen LogP contribution in [0, 0.1) is 0 Å². The van der Waals surface area contributed by atoms with Gasteiger partial charge in [-0.2, -0.15) is 0 Å². The average molecular weight is 366 g/mol. The summed E-state index contributed by atoms with van der Waals surface area (Å²) in [7, 11) is 1.49. The Bertz CT molecular complexity index is 723. The number of methoxy groups -OCH3 is 1. The highest BCUT2D eigenvalue weighted by atomic mass is 79.9. The van der Waals surface area contributed by atoms with Gasteiger partial charge >= 0.3 is 0 Å². The van der Waals surface area contributed by atoms with Crippen LogP contribution in [0.2, 0.25) is 0 Å². The number of rotatable bonds is 2. The average Bonchev–Trinajstić information content (AvgIpc) is 2.84. The van der Waals surface area contributed by atoms with Crippen LogP contribution in [0.15, 0.2) is 33.7 Å². The maximum atomic E-state index is 12.3. The molecular formula is C16H16BrNO4. The maximum absolute atomic E-state index is 12.3. The third-order valence-electron chi connectivity index (χ3n) is 3.76. The third kappa shape index (κ3) is 2.09. The standard InChI is InChI=1S/C16H16BrNO4/c1-15(2)8-22-14(18-15)16(20)9-5-4-6-11(21-3)13(9)10(19)7-12(16)17/h4-7,20H,8H2,1-3H3/t16-/m1/s1. The van der Waals surface area contributed by atoms with Crippen molar-refractivity contribution in [3.63, 3.8) is 0 Å². The lowest BCUT2D eigenvalue weighted by atomic mass is 9.82. The molecule has 1 N–H and O–H groups in total. The van der Waals surface area contributed by atoms with E-state index < -0.39 is 11.1 Å². The first-order valence-electron chi connectivity index (χ1n) is 6.84. The van der Waals surface area contributed by atoms with Crippen molar-refractivity contribution in [1.29, 1.82) is 0 Å². The molecule has 116 valence electrons. The van der Waals surface area contributed by atoms with Gasteiger partial charge in [-0.15, -0.1) is 0 Å². The number of carbonyl (C=O) groups excluding carboxylic acids is 1. The zero-order valence-corrected chi connectivity index (χ0v) is 14.1. The number of hydrogen-bond acceptors (Lipinski definition) is 5. The number of halogens is 1. The number of aliphatic imine (C=N–C) groups is 1. The number of carbonyl (C=O) groups is 1. The van der Waals surface area contributed by atoms with Gasteiger partial charge in [0.25, 0.3) is 0 Å². The van der Waals surface area contributed by atoms with Crippen molar-refractivity contribution < 1.29 is 19.4 Å². The van der Waals surface area contributed by atoms with E-state index in [1.165, 1.54) is 13.2 Å². The van der Waals surface area contributed by atoms with Crippen LogP contribution in [0.3, 0.4) is 0 Å². The number of benzene rings is 1. The minimum Gasteiger partial charge on any atom is -0.496 e. The van der Waals surface area contributed by atoms with Gasteiger partial charge < -0.3 is 14.6 Å². The summed E-state index contributed by atoms with van der Waals surface area (Å²) < 4.78 is 11.2. The van der Waals surface area contributed by atoms with E-state index in [9.17, 15) is 9.90 Å². The van der Waals surface area contributed by atoms with Gasteiger partial charge in [0.05, 0.1) is 18.2 Å². The number of ether oxygens (including phenoxy) is 2. The van der Waals surface area contributed by atoms with Gasteiger partial charge in [-0.1, -0.05) is 28.1 Å². The highest BCUT2D eigenvalue weighted by Gasteiger charge is 2.49. The number of aliphatic hydroxyl groups is 1. The summed E-state index contributed by atoms with van der Waals surface area (Å²) >= 11 is 3.30. The maximum Gasteiger partial charge on any atom is 0.227 e. The zero-order valence-electron chi connectivity index (χ0n) is 12.5. The first kappa shape index (κ1) is 15.2. The fourth-order valence-electron chi connectivity index (χ4n) is 2.66. The molecule has 5 nitrogen and oxygen atoms in total. The Morgan fingerprint density at radius 1 is 1.41 bits per heavy atom. The summed E-state index contributed by atoms with van der Waals surface area (Å²) in [4.78, 5) is 16.8. The molecule has 22 heavy (non-hydrogen) atoms. The van der Waals surface area contributed by atoms with Crippen LogP contribution in [-0.2, 0) is 10.3 Å². The fourth-order valence-corrected chi connectivity index (χ4v) is 3.26. The summed E-state index contributed by atoms with van der Waals surface area (Å²) in [5, 5.41) is 11.3. The summed E-state index contributed by atoms with van der Waals surface area (Å²) in [5.74, 6) is 0.361. The van der Waals surface area contributed by atoms with Crippen LogP contribution in [0.5, 0.6) is 5.75 Å². The summed E-state index contributed by atoms with van der Waals surface area (Å²) in [5.41, 5.74) is -1.31. The SMILES string of the molecule is COc1cccc2c1C(=O)C=C(Br)[C@@]2(O)C1=NC(C)(C)CO1. The Kier molecular flexibility index (Phi) is 3.41. The van der Waals surface area contributed by atoms with Crippen molar-refractivity contribution in [2.45, 2.75) is 25.0 Å².